The van der Waals surface area contributed by atoms with Crippen molar-refractivity contribution in [1.82, 2.24) is 25.6 Å². The maximum absolute atomic E-state index is 14.6. The van der Waals surface area contributed by atoms with Crippen molar-refractivity contribution in [2.75, 3.05) is 5.32 Å². The van der Waals surface area contributed by atoms with E-state index in [0.29, 0.717) is 11.5 Å². The number of urea groups is 1. The number of hydrogen-bond acceptors (Lipinski definition) is 7. The largest absolute Gasteiger partial charge is 0.337 e. The lowest BCUT2D eigenvalue weighted by atomic mass is 9.94. The zero-order valence-electron chi connectivity index (χ0n) is 18.2. The average molecular weight is 483 g/mol. The fraction of sp³-hybridized carbons (Fsp3) is 0.304. The second-order valence-electron chi connectivity index (χ2n) is 8.30. The van der Waals surface area contributed by atoms with E-state index in [1.807, 2.05) is 13.8 Å². The Bertz CT molecular complexity index is 1360. The summed E-state index contributed by atoms with van der Waals surface area (Å²) in [7, 11) is 0. The van der Waals surface area contributed by atoms with Crippen LogP contribution in [-0.2, 0) is 0 Å². The number of rotatable bonds is 5. The Morgan fingerprint density at radius 2 is 2.09 bits per heavy atom. The number of halogens is 1. The van der Waals surface area contributed by atoms with Gasteiger partial charge in [-0.15, -0.1) is 22.7 Å². The molecule has 1 aliphatic rings. The molecule has 33 heavy (non-hydrogen) atoms. The number of anilines is 2. The Morgan fingerprint density at radius 1 is 1.21 bits per heavy atom. The summed E-state index contributed by atoms with van der Waals surface area (Å²) >= 11 is 3.00. The lowest BCUT2D eigenvalue weighted by molar-refractivity contribution is 0.234. The number of fused-ring (bicyclic) bond motifs is 2. The number of aromatic nitrogens is 3. The predicted octanol–water partition coefficient (Wildman–Crippen LogP) is 5.83. The number of amides is 2. The summed E-state index contributed by atoms with van der Waals surface area (Å²) in [4.78, 5) is 27.0. The molecule has 1 unspecified atom stereocenters. The molecule has 2 amide bonds. The van der Waals surface area contributed by atoms with Crippen LogP contribution in [0.3, 0.4) is 0 Å². The first-order valence-electron chi connectivity index (χ1n) is 10.8. The van der Waals surface area contributed by atoms with Crippen LogP contribution in [-0.4, -0.2) is 33.1 Å². The highest BCUT2D eigenvalue weighted by molar-refractivity contribution is 7.19. The highest BCUT2D eigenvalue weighted by Crippen LogP contribution is 2.37. The zero-order chi connectivity index (χ0) is 22.9. The maximum Gasteiger partial charge on any atom is 0.315 e. The second kappa shape index (κ2) is 9.03. The molecular formula is C23H23FN6OS2. The van der Waals surface area contributed by atoms with Gasteiger partial charge >= 0.3 is 6.03 Å². The molecule has 1 aliphatic carbocycles. The Balaban J connectivity index is 1.36. The van der Waals surface area contributed by atoms with Crippen LogP contribution in [0.4, 0.5) is 20.7 Å². The van der Waals surface area contributed by atoms with Crippen molar-refractivity contribution in [3.8, 4) is 0 Å². The maximum atomic E-state index is 14.6. The van der Waals surface area contributed by atoms with E-state index in [-0.39, 0.29) is 23.9 Å². The monoisotopic (exact) mass is 482 g/mol. The molecule has 1 aromatic carbocycles. The number of allylic oxidation sites excluding steroid dienone is 1. The molecule has 7 nitrogen and oxygen atoms in total. The number of thiazole rings is 1. The van der Waals surface area contributed by atoms with Gasteiger partial charge in [-0.1, -0.05) is 6.08 Å². The molecule has 4 aromatic rings. The topological polar surface area (TPSA) is 91.8 Å². The molecule has 3 heterocycles. The van der Waals surface area contributed by atoms with Gasteiger partial charge in [0.15, 0.2) is 0 Å². The smallest absolute Gasteiger partial charge is 0.315 e. The molecular weight excluding hydrogens is 459 g/mol. The lowest BCUT2D eigenvalue weighted by Gasteiger charge is -2.23. The van der Waals surface area contributed by atoms with E-state index in [2.05, 4.69) is 43.0 Å². The van der Waals surface area contributed by atoms with Crippen molar-refractivity contribution in [1.29, 1.82) is 0 Å². The van der Waals surface area contributed by atoms with Gasteiger partial charge in [0.1, 0.15) is 22.8 Å². The van der Waals surface area contributed by atoms with Crippen molar-refractivity contribution in [3.05, 3.63) is 46.8 Å². The Kier molecular flexibility index (Phi) is 5.94. The molecule has 0 aliphatic heterocycles. The summed E-state index contributed by atoms with van der Waals surface area (Å²) in [6.45, 7) is 3.88. The van der Waals surface area contributed by atoms with E-state index >= 15 is 0 Å². The molecule has 3 aromatic heterocycles. The van der Waals surface area contributed by atoms with Crippen molar-refractivity contribution in [3.63, 3.8) is 0 Å². The van der Waals surface area contributed by atoms with Crippen LogP contribution in [0.25, 0.3) is 26.0 Å². The number of carbonyl (C=O) groups excluding carboxylic acids is 1. The number of nitrogens with zero attached hydrogens (tertiary/aromatic N) is 3. The summed E-state index contributed by atoms with van der Waals surface area (Å²) in [5.41, 5.74) is 4.03. The average Bonchev–Trinajstić information content (AvgIpc) is 3.41. The van der Waals surface area contributed by atoms with Crippen molar-refractivity contribution >= 4 is 66.2 Å². The molecule has 0 saturated heterocycles. The first kappa shape index (κ1) is 21.7. The lowest BCUT2D eigenvalue weighted by Crippen LogP contribution is -2.44. The van der Waals surface area contributed by atoms with E-state index in [4.69, 9.17) is 0 Å². The first-order valence-corrected chi connectivity index (χ1v) is 12.5. The first-order chi connectivity index (χ1) is 16.0. The van der Waals surface area contributed by atoms with E-state index in [1.54, 1.807) is 22.9 Å². The van der Waals surface area contributed by atoms with Gasteiger partial charge in [-0.2, -0.15) is 0 Å². The summed E-state index contributed by atoms with van der Waals surface area (Å²) in [6.07, 6.45) is 6.20. The molecule has 5 rings (SSSR count). The van der Waals surface area contributed by atoms with Gasteiger partial charge in [-0.05, 0) is 56.9 Å². The molecule has 0 radical (unpaired) electrons. The minimum atomic E-state index is -0.344. The van der Waals surface area contributed by atoms with Gasteiger partial charge in [0.05, 0.1) is 26.8 Å². The Hall–Kier alpha value is -3.11. The number of carbonyl (C=O) groups is 1. The van der Waals surface area contributed by atoms with Crippen LogP contribution >= 0.6 is 22.7 Å². The van der Waals surface area contributed by atoms with E-state index in [1.165, 1.54) is 29.3 Å². The molecule has 1 atom stereocenters. The van der Waals surface area contributed by atoms with Crippen molar-refractivity contribution in [2.24, 2.45) is 0 Å². The van der Waals surface area contributed by atoms with Crippen LogP contribution < -0.4 is 16.0 Å². The SMILES string of the molecule is CC(C)NC(=O)NC1CC=C(c2cc3c(Nc4cc5ncsc5cc4F)ncnc3s2)CC1. The number of nitrogens with one attached hydrogen (secondary N) is 3. The number of hydrogen-bond donors (Lipinski definition) is 3. The summed E-state index contributed by atoms with van der Waals surface area (Å²) < 4.78 is 15.4. The Labute approximate surface area is 198 Å². The zero-order valence-corrected chi connectivity index (χ0v) is 19.8. The van der Waals surface area contributed by atoms with Crippen LogP contribution in [0.2, 0.25) is 0 Å². The third-order valence-corrected chi connectivity index (χ3v) is 7.40. The van der Waals surface area contributed by atoms with Gasteiger partial charge in [0.25, 0.3) is 0 Å². The van der Waals surface area contributed by atoms with E-state index in [0.717, 1.165) is 44.6 Å². The number of thiophene rings is 1. The number of benzene rings is 1. The minimum Gasteiger partial charge on any atom is -0.337 e. The quantitative estimate of drug-likeness (QED) is 0.333. The highest BCUT2D eigenvalue weighted by Gasteiger charge is 2.20. The highest BCUT2D eigenvalue weighted by atomic mass is 32.1. The normalized spacial score (nSPS) is 16.2. The third kappa shape index (κ3) is 4.67. The van der Waals surface area contributed by atoms with Crippen molar-refractivity contribution < 1.29 is 9.18 Å². The van der Waals surface area contributed by atoms with Crippen LogP contribution in [0, 0.1) is 5.82 Å². The summed E-state index contributed by atoms with van der Waals surface area (Å²) in [5.74, 6) is 0.223. The van der Waals surface area contributed by atoms with Gasteiger partial charge in [0.2, 0.25) is 0 Å². The second-order valence-corrected chi connectivity index (χ2v) is 10.2. The Morgan fingerprint density at radius 3 is 2.88 bits per heavy atom. The molecule has 0 spiro atoms. The fourth-order valence-electron chi connectivity index (χ4n) is 3.89. The van der Waals surface area contributed by atoms with Gasteiger partial charge in [0, 0.05) is 17.0 Å². The van der Waals surface area contributed by atoms with Gasteiger partial charge < -0.3 is 16.0 Å². The summed E-state index contributed by atoms with van der Waals surface area (Å²) in [6, 6.07) is 5.37. The molecule has 0 fully saturated rings. The third-order valence-electron chi connectivity index (χ3n) is 5.48. The fourth-order valence-corrected chi connectivity index (χ4v) is 5.64. The molecule has 0 bridgehead atoms. The molecule has 170 valence electrons. The molecule has 10 heteroatoms. The summed E-state index contributed by atoms with van der Waals surface area (Å²) in [5, 5.41) is 9.89. The van der Waals surface area contributed by atoms with E-state index in [9.17, 15) is 9.18 Å². The predicted molar refractivity (Wildman–Crippen MR) is 133 cm³/mol. The van der Waals surface area contributed by atoms with Crippen LogP contribution in [0.1, 0.15) is 38.0 Å². The van der Waals surface area contributed by atoms with Crippen LogP contribution in [0.5, 0.6) is 0 Å². The van der Waals surface area contributed by atoms with Crippen molar-refractivity contribution in [2.45, 2.75) is 45.2 Å². The minimum absolute atomic E-state index is 0.110. The van der Waals surface area contributed by atoms with Gasteiger partial charge in [-0.3, -0.25) is 0 Å². The molecule has 0 saturated carbocycles. The van der Waals surface area contributed by atoms with E-state index < -0.39 is 0 Å². The van der Waals surface area contributed by atoms with Crippen LogP contribution in [0.15, 0.2) is 36.1 Å². The molecule has 3 N–H and O–H groups in total. The standard InChI is InChI=1S/C23H23FN6OS2/c1-12(2)28-23(31)29-14-5-3-13(4-6-14)19-7-15-21(25-10-26-22(15)33-19)30-17-9-18-20(8-16(17)24)32-11-27-18/h3,7-12,14H,4-6H2,1-2H3,(H,25,26,30)(H2,28,29,31). The van der Waals surface area contributed by atoms with Gasteiger partial charge in [-0.25, -0.2) is 24.1 Å².